The number of rotatable bonds is 7. The van der Waals surface area contributed by atoms with Crippen molar-refractivity contribution in [1.29, 1.82) is 0 Å². The van der Waals surface area contributed by atoms with Crippen LogP contribution >= 0.6 is 0 Å². The van der Waals surface area contributed by atoms with Gasteiger partial charge in [0.15, 0.2) is 0 Å². The molecule has 0 aromatic heterocycles. The predicted molar refractivity (Wildman–Crippen MR) is 71.9 cm³/mol. The van der Waals surface area contributed by atoms with Gasteiger partial charge in [-0.05, 0) is 30.4 Å². The lowest BCUT2D eigenvalue weighted by atomic mass is 9.86. The summed E-state index contributed by atoms with van der Waals surface area (Å²) in [7, 11) is 0. The molecule has 0 spiro atoms. The van der Waals surface area contributed by atoms with Crippen molar-refractivity contribution in [2.24, 2.45) is 0 Å². The zero-order valence-corrected chi connectivity index (χ0v) is 10.8. The molecule has 0 fully saturated rings. The van der Waals surface area contributed by atoms with Crippen molar-refractivity contribution in [3.8, 4) is 0 Å². The van der Waals surface area contributed by atoms with Gasteiger partial charge in [-0.25, -0.2) is 0 Å². The Balaban J connectivity index is 3.04. The monoisotopic (exact) mass is 265 g/mol. The second kappa shape index (κ2) is 6.89. The van der Waals surface area contributed by atoms with Crippen molar-refractivity contribution >= 4 is 11.9 Å². The molecule has 1 aliphatic rings. The van der Waals surface area contributed by atoms with E-state index in [9.17, 15) is 9.59 Å². The number of nitrogens with zero attached hydrogens (tertiary/aromatic N) is 1. The van der Waals surface area contributed by atoms with Gasteiger partial charge in [-0.1, -0.05) is 25.3 Å². The molecular formula is C14H19NO4. The Morgan fingerprint density at radius 2 is 1.79 bits per heavy atom. The van der Waals surface area contributed by atoms with Crippen molar-refractivity contribution in [2.45, 2.75) is 25.3 Å². The zero-order valence-electron chi connectivity index (χ0n) is 10.8. The Morgan fingerprint density at radius 3 is 2.21 bits per heavy atom. The summed E-state index contributed by atoms with van der Waals surface area (Å²) in [5, 5.41) is 17.8. The van der Waals surface area contributed by atoms with Gasteiger partial charge in [0.05, 0.1) is 13.1 Å². The maximum atomic E-state index is 10.9. The van der Waals surface area contributed by atoms with Crippen molar-refractivity contribution in [3.05, 3.63) is 36.5 Å². The lowest BCUT2D eigenvalue weighted by molar-refractivity contribution is -0.142. The summed E-state index contributed by atoms with van der Waals surface area (Å²) in [5.41, 5.74) is 1.91. The van der Waals surface area contributed by atoms with Gasteiger partial charge in [0, 0.05) is 6.04 Å². The Morgan fingerprint density at radius 1 is 1.21 bits per heavy atom. The third kappa shape index (κ3) is 4.06. The number of aliphatic carboxylic acids is 2. The van der Waals surface area contributed by atoms with E-state index in [4.69, 9.17) is 10.2 Å². The molecule has 5 nitrogen and oxygen atoms in total. The SMILES string of the molecule is C=CC1=C(C=C)C(N(CC(=O)O)CC(=O)O)CCC1. The molecule has 19 heavy (non-hydrogen) atoms. The Labute approximate surface area is 112 Å². The summed E-state index contributed by atoms with van der Waals surface area (Å²) < 4.78 is 0. The van der Waals surface area contributed by atoms with E-state index >= 15 is 0 Å². The van der Waals surface area contributed by atoms with Gasteiger partial charge >= 0.3 is 11.9 Å². The normalized spacial score (nSPS) is 19.3. The molecule has 0 amide bonds. The summed E-state index contributed by atoms with van der Waals surface area (Å²) in [6, 6.07) is -0.216. The minimum absolute atomic E-state index is 0.216. The first-order chi connectivity index (χ1) is 8.99. The molecule has 5 heteroatoms. The highest BCUT2D eigenvalue weighted by atomic mass is 16.4. The molecule has 0 aromatic rings. The lowest BCUT2D eigenvalue weighted by Gasteiger charge is -2.34. The molecule has 0 aliphatic heterocycles. The van der Waals surface area contributed by atoms with Crippen molar-refractivity contribution in [1.82, 2.24) is 4.90 Å². The van der Waals surface area contributed by atoms with E-state index in [2.05, 4.69) is 13.2 Å². The van der Waals surface area contributed by atoms with Crippen LogP contribution in [0.2, 0.25) is 0 Å². The molecule has 104 valence electrons. The number of allylic oxidation sites excluding steroid dienone is 2. The van der Waals surface area contributed by atoms with E-state index in [0.717, 1.165) is 30.4 Å². The summed E-state index contributed by atoms with van der Waals surface area (Å²) in [5.74, 6) is -2.06. The molecule has 1 atom stereocenters. The van der Waals surface area contributed by atoms with Crippen molar-refractivity contribution < 1.29 is 19.8 Å². The van der Waals surface area contributed by atoms with Gasteiger partial charge in [-0.2, -0.15) is 0 Å². The van der Waals surface area contributed by atoms with Crippen LogP contribution in [0, 0.1) is 0 Å². The molecule has 1 aliphatic carbocycles. The Kier molecular flexibility index (Phi) is 5.51. The van der Waals surface area contributed by atoms with Crippen LogP contribution in [-0.2, 0) is 9.59 Å². The molecule has 0 radical (unpaired) electrons. The minimum Gasteiger partial charge on any atom is -0.480 e. The standard InChI is InChI=1S/C14H19NO4/c1-3-10-6-5-7-12(11(10)4-2)15(8-13(16)17)9-14(18)19/h3-4,12H,1-2,5-9H2,(H,16,17)(H,18,19). The van der Waals surface area contributed by atoms with Crippen LogP contribution in [0.4, 0.5) is 0 Å². The fourth-order valence-corrected chi connectivity index (χ4v) is 2.49. The van der Waals surface area contributed by atoms with Gasteiger partial charge in [0.2, 0.25) is 0 Å². The highest BCUT2D eigenvalue weighted by Gasteiger charge is 2.28. The molecule has 0 heterocycles. The first-order valence-corrected chi connectivity index (χ1v) is 6.15. The Hall–Kier alpha value is -1.88. The van der Waals surface area contributed by atoms with Crippen LogP contribution in [-0.4, -0.2) is 46.2 Å². The predicted octanol–water partition coefficient (Wildman–Crippen LogP) is 1.68. The number of carboxylic acid groups (broad SMARTS) is 2. The average molecular weight is 265 g/mol. The molecule has 0 bridgehead atoms. The molecular weight excluding hydrogens is 246 g/mol. The maximum absolute atomic E-state index is 10.9. The first-order valence-electron chi connectivity index (χ1n) is 6.15. The van der Waals surface area contributed by atoms with Crippen LogP contribution in [0.1, 0.15) is 19.3 Å². The van der Waals surface area contributed by atoms with Crippen LogP contribution in [0.25, 0.3) is 0 Å². The topological polar surface area (TPSA) is 77.8 Å². The smallest absolute Gasteiger partial charge is 0.317 e. The molecule has 1 rings (SSSR count). The Bertz CT molecular complexity index is 409. The minimum atomic E-state index is -1.03. The van der Waals surface area contributed by atoms with Gasteiger partial charge < -0.3 is 10.2 Å². The fraction of sp³-hybridized carbons (Fsp3) is 0.429. The van der Waals surface area contributed by atoms with Gasteiger partial charge in [-0.3, -0.25) is 14.5 Å². The average Bonchev–Trinajstić information content (AvgIpc) is 2.35. The number of carbonyl (C=O) groups is 2. The quantitative estimate of drug-likeness (QED) is 0.732. The summed E-state index contributed by atoms with van der Waals surface area (Å²) in [4.78, 5) is 23.2. The van der Waals surface area contributed by atoms with Crippen LogP contribution in [0.3, 0.4) is 0 Å². The molecule has 0 saturated carbocycles. The van der Waals surface area contributed by atoms with E-state index in [1.54, 1.807) is 12.2 Å². The van der Waals surface area contributed by atoms with E-state index in [1.807, 2.05) is 0 Å². The second-order valence-electron chi connectivity index (χ2n) is 4.49. The highest BCUT2D eigenvalue weighted by Crippen LogP contribution is 2.30. The van der Waals surface area contributed by atoms with E-state index in [-0.39, 0.29) is 19.1 Å². The summed E-state index contributed by atoms with van der Waals surface area (Å²) in [6.45, 7) is 6.90. The van der Waals surface area contributed by atoms with Gasteiger partial charge in [0.1, 0.15) is 0 Å². The van der Waals surface area contributed by atoms with Crippen LogP contribution < -0.4 is 0 Å². The third-order valence-corrected chi connectivity index (χ3v) is 3.24. The molecule has 2 N–H and O–H groups in total. The number of hydrogen-bond donors (Lipinski definition) is 2. The fourth-order valence-electron chi connectivity index (χ4n) is 2.49. The molecule has 0 saturated heterocycles. The highest BCUT2D eigenvalue weighted by molar-refractivity contribution is 5.73. The largest absolute Gasteiger partial charge is 0.480 e. The lowest BCUT2D eigenvalue weighted by Crippen LogP contribution is -2.44. The van der Waals surface area contributed by atoms with Crippen molar-refractivity contribution in [2.75, 3.05) is 13.1 Å². The van der Waals surface area contributed by atoms with Crippen LogP contribution in [0.15, 0.2) is 36.5 Å². The number of carboxylic acids is 2. The number of hydrogen-bond acceptors (Lipinski definition) is 3. The second-order valence-corrected chi connectivity index (χ2v) is 4.49. The van der Waals surface area contributed by atoms with E-state index < -0.39 is 11.9 Å². The van der Waals surface area contributed by atoms with E-state index in [0.29, 0.717) is 0 Å². The zero-order chi connectivity index (χ0) is 14.4. The van der Waals surface area contributed by atoms with Gasteiger partial charge in [0.25, 0.3) is 0 Å². The first kappa shape index (κ1) is 15.2. The molecule has 1 unspecified atom stereocenters. The van der Waals surface area contributed by atoms with Gasteiger partial charge in [-0.15, -0.1) is 0 Å². The summed E-state index contributed by atoms with van der Waals surface area (Å²) in [6.07, 6.45) is 5.91. The van der Waals surface area contributed by atoms with Crippen molar-refractivity contribution in [3.63, 3.8) is 0 Å². The molecule has 0 aromatic carbocycles. The van der Waals surface area contributed by atoms with E-state index in [1.165, 1.54) is 4.90 Å². The van der Waals surface area contributed by atoms with Crippen LogP contribution in [0.5, 0.6) is 0 Å². The summed E-state index contributed by atoms with van der Waals surface area (Å²) >= 11 is 0. The maximum Gasteiger partial charge on any atom is 0.317 e. The third-order valence-electron chi connectivity index (χ3n) is 3.24.